The highest BCUT2D eigenvalue weighted by molar-refractivity contribution is 7.80. The molecule has 1 aliphatic rings. The average molecular weight is 160 g/mol. The van der Waals surface area contributed by atoms with Crippen molar-refractivity contribution in [1.29, 1.82) is 0 Å². The minimum atomic E-state index is -0.334. The Morgan fingerprint density at radius 2 is 2.40 bits per heavy atom. The monoisotopic (exact) mass is 160 g/mol. The molecule has 1 heterocycles. The summed E-state index contributed by atoms with van der Waals surface area (Å²) in [5.74, 6) is -0.0243. The molecule has 0 aromatic carbocycles. The molecule has 0 aromatic heterocycles. The number of aliphatic hydroxyl groups is 1. The maximum Gasteiger partial charge on any atom is 0.0797 e. The number of thiocarbonyl (C=S) groups is 1. The molecule has 1 saturated heterocycles. The van der Waals surface area contributed by atoms with Gasteiger partial charge in [0.2, 0.25) is 0 Å². The normalized spacial score (nSPS) is 33.7. The van der Waals surface area contributed by atoms with Crippen molar-refractivity contribution in [2.24, 2.45) is 11.7 Å². The van der Waals surface area contributed by atoms with E-state index in [9.17, 15) is 5.11 Å². The molecule has 4 N–H and O–H groups in total. The van der Waals surface area contributed by atoms with Crippen LogP contribution in [0.25, 0.3) is 0 Å². The van der Waals surface area contributed by atoms with E-state index >= 15 is 0 Å². The minimum Gasteiger partial charge on any atom is -0.393 e. The fraction of sp³-hybridized carbons (Fsp3) is 0.833. The molecule has 3 nitrogen and oxygen atoms in total. The highest BCUT2D eigenvalue weighted by Crippen LogP contribution is 2.10. The molecule has 1 aliphatic heterocycles. The van der Waals surface area contributed by atoms with Gasteiger partial charge in [0.25, 0.3) is 0 Å². The highest BCUT2D eigenvalue weighted by atomic mass is 32.1. The van der Waals surface area contributed by atoms with Gasteiger partial charge in [0.15, 0.2) is 0 Å². The second kappa shape index (κ2) is 3.27. The lowest BCUT2D eigenvalue weighted by molar-refractivity contribution is 0.110. The van der Waals surface area contributed by atoms with Crippen molar-refractivity contribution >= 4 is 17.2 Å². The Morgan fingerprint density at radius 1 is 1.70 bits per heavy atom. The van der Waals surface area contributed by atoms with Crippen molar-refractivity contribution in [2.45, 2.75) is 12.5 Å². The first kappa shape index (κ1) is 7.91. The van der Waals surface area contributed by atoms with E-state index < -0.39 is 0 Å². The number of aliphatic hydroxyl groups excluding tert-OH is 1. The number of hydrogen-bond acceptors (Lipinski definition) is 3. The maximum atomic E-state index is 9.33. The first-order valence-corrected chi connectivity index (χ1v) is 3.80. The van der Waals surface area contributed by atoms with Crippen LogP contribution in [0.15, 0.2) is 0 Å². The number of hydrogen-bond donors (Lipinski definition) is 3. The Kier molecular flexibility index (Phi) is 2.59. The summed E-state index contributed by atoms with van der Waals surface area (Å²) in [5.41, 5.74) is 5.39. The fourth-order valence-electron chi connectivity index (χ4n) is 1.13. The van der Waals surface area contributed by atoms with E-state index in [4.69, 9.17) is 18.0 Å². The van der Waals surface area contributed by atoms with E-state index in [1.807, 2.05) is 0 Å². The van der Waals surface area contributed by atoms with Gasteiger partial charge in [-0.1, -0.05) is 12.2 Å². The lowest BCUT2D eigenvalue weighted by atomic mass is 9.96. The second-order valence-electron chi connectivity index (χ2n) is 2.57. The fourth-order valence-corrected chi connectivity index (χ4v) is 1.38. The molecule has 0 saturated carbocycles. The predicted molar refractivity (Wildman–Crippen MR) is 43.8 cm³/mol. The van der Waals surface area contributed by atoms with Gasteiger partial charge in [-0.25, -0.2) is 0 Å². The topological polar surface area (TPSA) is 58.3 Å². The zero-order valence-corrected chi connectivity index (χ0v) is 6.53. The second-order valence-corrected chi connectivity index (χ2v) is 3.04. The summed E-state index contributed by atoms with van der Waals surface area (Å²) in [6.07, 6.45) is 0.417. The Labute approximate surface area is 65.6 Å². The number of piperidine rings is 1. The molecule has 4 heteroatoms. The zero-order valence-electron chi connectivity index (χ0n) is 5.71. The van der Waals surface area contributed by atoms with E-state index in [0.717, 1.165) is 19.5 Å². The average Bonchev–Trinajstić information content (AvgIpc) is 1.88. The molecule has 0 spiro atoms. The standard InChI is InChI=1S/C6H12N2OS/c7-6(10)4-3-8-2-1-5(4)9/h4-5,8-9H,1-3H2,(H2,7,10). The minimum absolute atomic E-state index is 0.0243. The summed E-state index contributed by atoms with van der Waals surface area (Å²) in [7, 11) is 0. The zero-order chi connectivity index (χ0) is 7.56. The van der Waals surface area contributed by atoms with Crippen LogP contribution >= 0.6 is 12.2 Å². The molecule has 58 valence electrons. The van der Waals surface area contributed by atoms with Crippen LogP contribution in [0, 0.1) is 5.92 Å². The largest absolute Gasteiger partial charge is 0.393 e. The van der Waals surface area contributed by atoms with Crippen LogP contribution in [0.2, 0.25) is 0 Å². The summed E-state index contributed by atoms with van der Waals surface area (Å²) >= 11 is 4.77. The lowest BCUT2D eigenvalue weighted by Gasteiger charge is -2.27. The molecular formula is C6H12N2OS. The number of nitrogens with one attached hydrogen (secondary N) is 1. The molecule has 2 unspecified atom stereocenters. The van der Waals surface area contributed by atoms with E-state index in [-0.39, 0.29) is 12.0 Å². The smallest absolute Gasteiger partial charge is 0.0797 e. The van der Waals surface area contributed by atoms with Crippen LogP contribution in [0.3, 0.4) is 0 Å². The molecule has 0 aromatic rings. The third-order valence-electron chi connectivity index (χ3n) is 1.81. The van der Waals surface area contributed by atoms with Crippen LogP contribution in [0.1, 0.15) is 6.42 Å². The van der Waals surface area contributed by atoms with Crippen molar-refractivity contribution in [3.05, 3.63) is 0 Å². The van der Waals surface area contributed by atoms with Gasteiger partial charge in [-0.15, -0.1) is 0 Å². The van der Waals surface area contributed by atoms with E-state index in [2.05, 4.69) is 5.32 Å². The van der Waals surface area contributed by atoms with Crippen molar-refractivity contribution in [3.8, 4) is 0 Å². The highest BCUT2D eigenvalue weighted by Gasteiger charge is 2.24. The molecule has 0 radical (unpaired) electrons. The quantitative estimate of drug-likeness (QED) is 0.441. The Hall–Kier alpha value is -0.190. The first-order valence-electron chi connectivity index (χ1n) is 3.40. The lowest BCUT2D eigenvalue weighted by Crippen LogP contribution is -2.45. The van der Waals surface area contributed by atoms with E-state index in [1.165, 1.54) is 0 Å². The Bertz CT molecular complexity index is 140. The van der Waals surface area contributed by atoms with Gasteiger partial charge in [0, 0.05) is 12.5 Å². The van der Waals surface area contributed by atoms with Gasteiger partial charge >= 0.3 is 0 Å². The molecule has 10 heavy (non-hydrogen) atoms. The van der Waals surface area contributed by atoms with Crippen molar-refractivity contribution in [2.75, 3.05) is 13.1 Å². The Morgan fingerprint density at radius 3 is 2.80 bits per heavy atom. The first-order chi connectivity index (χ1) is 4.72. The molecule has 0 bridgehead atoms. The third kappa shape index (κ3) is 1.65. The van der Waals surface area contributed by atoms with Gasteiger partial charge in [-0.3, -0.25) is 0 Å². The van der Waals surface area contributed by atoms with Crippen molar-refractivity contribution in [1.82, 2.24) is 5.32 Å². The molecule has 2 atom stereocenters. The van der Waals surface area contributed by atoms with Gasteiger partial charge < -0.3 is 16.2 Å². The molecule has 1 rings (SSSR count). The van der Waals surface area contributed by atoms with Crippen LogP contribution in [-0.4, -0.2) is 29.3 Å². The van der Waals surface area contributed by atoms with Crippen molar-refractivity contribution in [3.63, 3.8) is 0 Å². The van der Waals surface area contributed by atoms with Gasteiger partial charge in [0.05, 0.1) is 11.1 Å². The summed E-state index contributed by atoms with van der Waals surface area (Å²) < 4.78 is 0. The maximum absolute atomic E-state index is 9.33. The molecule has 0 aliphatic carbocycles. The molecule has 1 fully saturated rings. The number of nitrogens with two attached hydrogens (primary N) is 1. The van der Waals surface area contributed by atoms with E-state index in [1.54, 1.807) is 0 Å². The third-order valence-corrected chi connectivity index (χ3v) is 2.11. The predicted octanol–water partition coefficient (Wildman–Crippen LogP) is -0.757. The van der Waals surface area contributed by atoms with Crippen molar-refractivity contribution < 1.29 is 5.11 Å². The van der Waals surface area contributed by atoms with Crippen LogP contribution in [0.5, 0.6) is 0 Å². The molecule has 0 amide bonds. The summed E-state index contributed by atoms with van der Waals surface area (Å²) in [6.45, 7) is 1.58. The Balaban J connectivity index is 2.47. The van der Waals surface area contributed by atoms with Gasteiger partial charge in [-0.05, 0) is 13.0 Å². The van der Waals surface area contributed by atoms with E-state index in [0.29, 0.717) is 4.99 Å². The van der Waals surface area contributed by atoms with Gasteiger partial charge in [0.1, 0.15) is 0 Å². The van der Waals surface area contributed by atoms with Crippen LogP contribution in [-0.2, 0) is 0 Å². The van der Waals surface area contributed by atoms with Crippen LogP contribution < -0.4 is 11.1 Å². The van der Waals surface area contributed by atoms with Gasteiger partial charge in [-0.2, -0.15) is 0 Å². The number of rotatable bonds is 1. The van der Waals surface area contributed by atoms with Crippen LogP contribution in [0.4, 0.5) is 0 Å². The SMILES string of the molecule is NC(=S)C1CNCCC1O. The summed E-state index contributed by atoms with van der Waals surface area (Å²) in [6, 6.07) is 0. The molecular weight excluding hydrogens is 148 g/mol. The summed E-state index contributed by atoms with van der Waals surface area (Å²) in [4.78, 5) is 0.416. The summed E-state index contributed by atoms with van der Waals surface area (Å²) in [5, 5.41) is 12.5.